The molecule has 0 aliphatic carbocycles. The molecule has 1 aromatic carbocycles. The Balaban J connectivity index is 3.05. The zero-order chi connectivity index (χ0) is 12.3. The minimum Gasteiger partial charge on any atom is -0.496 e. The summed E-state index contributed by atoms with van der Waals surface area (Å²) in [7, 11) is 1.61. The van der Waals surface area contributed by atoms with Crippen LogP contribution in [0.25, 0.3) is 0 Å². The number of methoxy groups -OCH3 is 1. The molecule has 0 aliphatic heterocycles. The highest BCUT2D eigenvalue weighted by Crippen LogP contribution is 2.39. The van der Waals surface area contributed by atoms with E-state index in [2.05, 4.69) is 36.7 Å². The molecule has 16 heavy (non-hydrogen) atoms. The lowest BCUT2D eigenvalue weighted by Gasteiger charge is -2.23. The van der Waals surface area contributed by atoms with E-state index in [0.29, 0.717) is 11.8 Å². The van der Waals surface area contributed by atoms with Gasteiger partial charge in [0.05, 0.1) is 7.11 Å². The summed E-state index contributed by atoms with van der Waals surface area (Å²) in [6.45, 7) is 6.46. The Morgan fingerprint density at radius 2 is 1.88 bits per heavy atom. The third-order valence-electron chi connectivity index (χ3n) is 3.00. The van der Waals surface area contributed by atoms with Crippen LogP contribution >= 0.6 is 15.9 Å². The van der Waals surface area contributed by atoms with Gasteiger partial charge in [0.15, 0.2) is 0 Å². The number of benzene rings is 1. The molecule has 0 saturated heterocycles. The molecule has 0 radical (unpaired) electrons. The number of alkyl halides is 1. The molecule has 0 fully saturated rings. The standard InChI is InChI=1S/C13H18BrFO/c1-8(2)9(3)13(14)11-7-10(15)5-6-12(11)16-4/h5-9,13H,1-4H3. The van der Waals surface area contributed by atoms with Gasteiger partial charge in [0, 0.05) is 10.4 Å². The van der Waals surface area contributed by atoms with E-state index < -0.39 is 0 Å². The van der Waals surface area contributed by atoms with Crippen LogP contribution in [0.2, 0.25) is 0 Å². The molecule has 0 aromatic heterocycles. The summed E-state index contributed by atoms with van der Waals surface area (Å²) < 4.78 is 18.5. The highest BCUT2D eigenvalue weighted by molar-refractivity contribution is 9.09. The Labute approximate surface area is 105 Å². The first kappa shape index (κ1) is 13.5. The summed E-state index contributed by atoms with van der Waals surface area (Å²) in [5.41, 5.74) is 0.878. The summed E-state index contributed by atoms with van der Waals surface area (Å²) in [6, 6.07) is 4.63. The van der Waals surface area contributed by atoms with Crippen molar-refractivity contribution in [3.63, 3.8) is 0 Å². The van der Waals surface area contributed by atoms with Crippen LogP contribution in [0.15, 0.2) is 18.2 Å². The summed E-state index contributed by atoms with van der Waals surface area (Å²) >= 11 is 3.63. The molecule has 2 unspecified atom stereocenters. The molecule has 0 spiro atoms. The van der Waals surface area contributed by atoms with Crippen molar-refractivity contribution in [2.45, 2.75) is 25.6 Å². The molecule has 3 heteroatoms. The molecule has 1 nitrogen and oxygen atoms in total. The van der Waals surface area contributed by atoms with Crippen molar-refractivity contribution in [1.29, 1.82) is 0 Å². The van der Waals surface area contributed by atoms with Crippen LogP contribution in [0.1, 0.15) is 31.2 Å². The Bertz CT molecular complexity index is 352. The number of hydrogen-bond acceptors (Lipinski definition) is 1. The molecule has 90 valence electrons. The van der Waals surface area contributed by atoms with Crippen LogP contribution in [0.5, 0.6) is 5.75 Å². The Hall–Kier alpha value is -0.570. The fourth-order valence-electron chi connectivity index (χ4n) is 1.54. The Kier molecular flexibility index (Phi) is 4.78. The van der Waals surface area contributed by atoms with Gasteiger partial charge in [-0.2, -0.15) is 0 Å². The summed E-state index contributed by atoms with van der Waals surface area (Å²) in [5, 5.41) is 0. The van der Waals surface area contributed by atoms with Crippen molar-refractivity contribution in [1.82, 2.24) is 0 Å². The van der Waals surface area contributed by atoms with Crippen LogP contribution in [0.3, 0.4) is 0 Å². The quantitative estimate of drug-likeness (QED) is 0.738. The monoisotopic (exact) mass is 288 g/mol. The van der Waals surface area contributed by atoms with Gasteiger partial charge in [-0.25, -0.2) is 4.39 Å². The third-order valence-corrected chi connectivity index (χ3v) is 4.33. The van der Waals surface area contributed by atoms with Crippen molar-refractivity contribution in [2.24, 2.45) is 11.8 Å². The van der Waals surface area contributed by atoms with Gasteiger partial charge in [0.2, 0.25) is 0 Å². The van der Waals surface area contributed by atoms with Crippen LogP contribution in [0.4, 0.5) is 4.39 Å². The molecule has 0 saturated carbocycles. The van der Waals surface area contributed by atoms with Crippen molar-refractivity contribution < 1.29 is 9.13 Å². The zero-order valence-corrected chi connectivity index (χ0v) is 11.7. The maximum atomic E-state index is 13.2. The van der Waals surface area contributed by atoms with Gasteiger partial charge in [0.1, 0.15) is 11.6 Å². The SMILES string of the molecule is COc1ccc(F)cc1C(Br)C(C)C(C)C. The van der Waals surface area contributed by atoms with E-state index in [9.17, 15) is 4.39 Å². The van der Waals surface area contributed by atoms with E-state index >= 15 is 0 Å². The second-order valence-electron chi connectivity index (χ2n) is 4.39. The van der Waals surface area contributed by atoms with E-state index in [-0.39, 0.29) is 10.6 Å². The smallest absolute Gasteiger partial charge is 0.123 e. The van der Waals surface area contributed by atoms with E-state index in [1.807, 2.05) is 0 Å². The first-order chi connectivity index (χ1) is 7.47. The first-order valence-corrected chi connectivity index (χ1v) is 6.36. The number of halogens is 2. The van der Waals surface area contributed by atoms with Gasteiger partial charge >= 0.3 is 0 Å². The molecule has 2 atom stereocenters. The maximum absolute atomic E-state index is 13.2. The molecular weight excluding hydrogens is 271 g/mol. The lowest BCUT2D eigenvalue weighted by molar-refractivity contribution is 0.383. The molecular formula is C13H18BrFO. The van der Waals surface area contributed by atoms with Crippen molar-refractivity contribution >= 4 is 15.9 Å². The predicted octanol–water partition coefficient (Wildman–Crippen LogP) is 4.56. The van der Waals surface area contributed by atoms with Crippen LogP contribution in [-0.2, 0) is 0 Å². The fraction of sp³-hybridized carbons (Fsp3) is 0.538. The van der Waals surface area contributed by atoms with Crippen molar-refractivity contribution in [3.8, 4) is 5.75 Å². The second-order valence-corrected chi connectivity index (χ2v) is 5.38. The molecule has 0 heterocycles. The van der Waals surface area contributed by atoms with Crippen LogP contribution in [-0.4, -0.2) is 7.11 Å². The number of rotatable bonds is 4. The summed E-state index contributed by atoms with van der Waals surface area (Å²) in [6.07, 6.45) is 0. The minimum atomic E-state index is -0.226. The van der Waals surface area contributed by atoms with E-state index in [1.165, 1.54) is 12.1 Å². The molecule has 1 aromatic rings. The maximum Gasteiger partial charge on any atom is 0.123 e. The zero-order valence-electron chi connectivity index (χ0n) is 10.1. The van der Waals surface area contributed by atoms with E-state index in [4.69, 9.17) is 4.74 Å². The normalized spacial score (nSPS) is 14.9. The van der Waals surface area contributed by atoms with Gasteiger partial charge in [-0.15, -0.1) is 0 Å². The van der Waals surface area contributed by atoms with Crippen molar-refractivity contribution in [3.05, 3.63) is 29.6 Å². The van der Waals surface area contributed by atoms with Gasteiger partial charge in [-0.05, 0) is 30.0 Å². The van der Waals surface area contributed by atoms with E-state index in [1.54, 1.807) is 13.2 Å². The third kappa shape index (κ3) is 2.97. The topological polar surface area (TPSA) is 9.23 Å². The fourth-order valence-corrected chi connectivity index (χ4v) is 2.51. The average Bonchev–Trinajstić information content (AvgIpc) is 2.26. The minimum absolute atomic E-state index is 0.109. The molecule has 0 amide bonds. The highest BCUT2D eigenvalue weighted by Gasteiger charge is 2.22. The Morgan fingerprint density at radius 3 is 2.38 bits per heavy atom. The van der Waals surface area contributed by atoms with Crippen molar-refractivity contribution in [2.75, 3.05) is 7.11 Å². The average molecular weight is 289 g/mol. The van der Waals surface area contributed by atoms with Crippen LogP contribution in [0, 0.1) is 17.7 Å². The summed E-state index contributed by atoms with van der Waals surface area (Å²) in [4.78, 5) is 0.109. The largest absolute Gasteiger partial charge is 0.496 e. The van der Waals surface area contributed by atoms with E-state index in [0.717, 1.165) is 11.3 Å². The molecule has 0 aliphatic rings. The second kappa shape index (κ2) is 5.67. The molecule has 0 N–H and O–H groups in total. The lowest BCUT2D eigenvalue weighted by atomic mass is 9.90. The van der Waals surface area contributed by atoms with Crippen LogP contribution < -0.4 is 4.74 Å². The Morgan fingerprint density at radius 1 is 1.25 bits per heavy atom. The molecule has 0 bridgehead atoms. The lowest BCUT2D eigenvalue weighted by Crippen LogP contribution is -2.11. The number of hydrogen-bond donors (Lipinski definition) is 0. The number of ether oxygens (including phenoxy) is 1. The van der Waals surface area contributed by atoms with Gasteiger partial charge in [0.25, 0.3) is 0 Å². The van der Waals surface area contributed by atoms with Gasteiger partial charge in [-0.3, -0.25) is 0 Å². The van der Waals surface area contributed by atoms with Gasteiger partial charge in [-0.1, -0.05) is 36.7 Å². The molecule has 1 rings (SSSR count). The first-order valence-electron chi connectivity index (χ1n) is 5.44. The summed E-state index contributed by atoms with van der Waals surface area (Å²) in [5.74, 6) is 1.44. The highest BCUT2D eigenvalue weighted by atomic mass is 79.9. The predicted molar refractivity (Wildman–Crippen MR) is 68.6 cm³/mol. The van der Waals surface area contributed by atoms with Gasteiger partial charge < -0.3 is 4.74 Å².